The number of amides is 1. The lowest BCUT2D eigenvalue weighted by Crippen LogP contribution is -2.37. The first-order chi connectivity index (χ1) is 7.40. The Morgan fingerprint density at radius 3 is 2.25 bits per heavy atom. The zero-order valence-electron chi connectivity index (χ0n) is 10.7. The monoisotopic (exact) mass is 220 g/mol. The Morgan fingerprint density at radius 1 is 1.12 bits per heavy atom. The number of carbonyl (C=O) groups is 1. The van der Waals surface area contributed by atoms with E-state index in [4.69, 9.17) is 0 Å². The van der Waals surface area contributed by atoms with Gasteiger partial charge in [-0.2, -0.15) is 0 Å². The van der Waals surface area contributed by atoms with Crippen LogP contribution in [0.4, 0.5) is 0 Å². The van der Waals surface area contributed by atoms with Crippen LogP contribution >= 0.6 is 0 Å². The predicted octanol–water partition coefficient (Wildman–Crippen LogP) is 1.75. The SMILES string of the molecule is Cc1cc(C)c(CC(=O)NN(C)C)cc1C. The molecule has 88 valence electrons. The summed E-state index contributed by atoms with van der Waals surface area (Å²) in [6.07, 6.45) is 0.436. The fourth-order valence-electron chi connectivity index (χ4n) is 1.67. The summed E-state index contributed by atoms with van der Waals surface area (Å²) in [5.74, 6) is 0.0244. The quantitative estimate of drug-likeness (QED) is 0.787. The van der Waals surface area contributed by atoms with Gasteiger partial charge >= 0.3 is 0 Å². The van der Waals surface area contributed by atoms with E-state index < -0.39 is 0 Å². The second-order valence-corrected chi connectivity index (χ2v) is 4.47. The molecule has 3 heteroatoms. The molecule has 1 amide bonds. The molecule has 0 aliphatic carbocycles. The maximum atomic E-state index is 11.6. The first kappa shape index (κ1) is 12.7. The average molecular weight is 220 g/mol. The Bertz CT molecular complexity index is 397. The van der Waals surface area contributed by atoms with Crippen molar-refractivity contribution in [3.05, 3.63) is 34.4 Å². The maximum Gasteiger partial charge on any atom is 0.238 e. The van der Waals surface area contributed by atoms with Crippen molar-refractivity contribution in [3.8, 4) is 0 Å². The van der Waals surface area contributed by atoms with Gasteiger partial charge in [0.1, 0.15) is 0 Å². The van der Waals surface area contributed by atoms with Gasteiger partial charge in [0.25, 0.3) is 0 Å². The first-order valence-corrected chi connectivity index (χ1v) is 5.43. The number of rotatable bonds is 3. The third-order valence-electron chi connectivity index (χ3n) is 2.65. The second kappa shape index (κ2) is 5.12. The Balaban J connectivity index is 2.81. The molecule has 0 atom stereocenters. The highest BCUT2D eigenvalue weighted by atomic mass is 16.2. The summed E-state index contributed by atoms with van der Waals surface area (Å²) < 4.78 is 0. The normalized spacial score (nSPS) is 10.6. The lowest BCUT2D eigenvalue weighted by Gasteiger charge is -2.13. The van der Waals surface area contributed by atoms with Crippen LogP contribution in [0.3, 0.4) is 0 Å². The molecule has 0 saturated carbocycles. The Labute approximate surface area is 97.4 Å². The summed E-state index contributed by atoms with van der Waals surface area (Å²) in [6.45, 7) is 6.21. The smallest absolute Gasteiger partial charge is 0.238 e. The number of nitrogens with one attached hydrogen (secondary N) is 1. The van der Waals surface area contributed by atoms with Crippen LogP contribution in [-0.2, 0) is 11.2 Å². The Hall–Kier alpha value is -1.35. The van der Waals surface area contributed by atoms with Crippen molar-refractivity contribution in [3.63, 3.8) is 0 Å². The molecular weight excluding hydrogens is 200 g/mol. The zero-order valence-corrected chi connectivity index (χ0v) is 10.7. The van der Waals surface area contributed by atoms with E-state index in [1.807, 2.05) is 21.0 Å². The number of aryl methyl sites for hydroxylation is 3. The van der Waals surface area contributed by atoms with Crippen molar-refractivity contribution in [2.75, 3.05) is 14.1 Å². The van der Waals surface area contributed by atoms with Crippen LogP contribution in [0.15, 0.2) is 12.1 Å². The van der Waals surface area contributed by atoms with Crippen LogP contribution in [0.2, 0.25) is 0 Å². The Kier molecular flexibility index (Phi) is 4.07. The highest BCUT2D eigenvalue weighted by Crippen LogP contribution is 2.15. The molecule has 1 aromatic carbocycles. The molecule has 1 rings (SSSR count). The first-order valence-electron chi connectivity index (χ1n) is 5.43. The van der Waals surface area contributed by atoms with Gasteiger partial charge in [-0.25, -0.2) is 5.01 Å². The van der Waals surface area contributed by atoms with Gasteiger partial charge in [-0.1, -0.05) is 12.1 Å². The van der Waals surface area contributed by atoms with E-state index in [1.54, 1.807) is 5.01 Å². The largest absolute Gasteiger partial charge is 0.289 e. The maximum absolute atomic E-state index is 11.6. The van der Waals surface area contributed by atoms with Gasteiger partial charge in [0.15, 0.2) is 0 Å². The van der Waals surface area contributed by atoms with E-state index in [2.05, 4.69) is 31.4 Å². The molecule has 0 radical (unpaired) electrons. The zero-order chi connectivity index (χ0) is 12.3. The fraction of sp³-hybridized carbons (Fsp3) is 0.462. The highest BCUT2D eigenvalue weighted by Gasteiger charge is 2.07. The summed E-state index contributed by atoms with van der Waals surface area (Å²) in [5.41, 5.74) is 7.53. The minimum Gasteiger partial charge on any atom is -0.289 e. The van der Waals surface area contributed by atoms with Crippen LogP contribution in [0.1, 0.15) is 22.3 Å². The van der Waals surface area contributed by atoms with Gasteiger partial charge in [0.05, 0.1) is 6.42 Å². The van der Waals surface area contributed by atoms with Gasteiger partial charge in [-0.15, -0.1) is 0 Å². The molecular formula is C13H20N2O. The molecule has 0 saturated heterocycles. The van der Waals surface area contributed by atoms with Crippen LogP contribution in [-0.4, -0.2) is 25.0 Å². The van der Waals surface area contributed by atoms with Crippen molar-refractivity contribution in [1.82, 2.24) is 10.4 Å². The van der Waals surface area contributed by atoms with E-state index in [1.165, 1.54) is 16.7 Å². The van der Waals surface area contributed by atoms with Gasteiger partial charge in [0, 0.05) is 14.1 Å². The molecule has 16 heavy (non-hydrogen) atoms. The van der Waals surface area contributed by atoms with Gasteiger partial charge < -0.3 is 0 Å². The van der Waals surface area contributed by atoms with Crippen molar-refractivity contribution in [2.24, 2.45) is 0 Å². The molecule has 0 bridgehead atoms. The van der Waals surface area contributed by atoms with Crippen molar-refractivity contribution in [1.29, 1.82) is 0 Å². The number of benzene rings is 1. The molecule has 1 aromatic rings. The molecule has 3 nitrogen and oxygen atoms in total. The number of carbonyl (C=O) groups excluding carboxylic acids is 1. The number of hydrazine groups is 1. The molecule has 0 heterocycles. The van der Waals surface area contributed by atoms with Crippen LogP contribution in [0, 0.1) is 20.8 Å². The van der Waals surface area contributed by atoms with Gasteiger partial charge in [0.2, 0.25) is 5.91 Å². The number of nitrogens with zero attached hydrogens (tertiary/aromatic N) is 1. The Morgan fingerprint density at radius 2 is 1.69 bits per heavy atom. The minimum atomic E-state index is 0.0244. The molecule has 0 aromatic heterocycles. The van der Waals surface area contributed by atoms with Crippen molar-refractivity contribution >= 4 is 5.91 Å². The molecule has 0 fully saturated rings. The summed E-state index contributed by atoms with van der Waals surface area (Å²) in [6, 6.07) is 4.23. The molecule has 0 spiro atoms. The summed E-state index contributed by atoms with van der Waals surface area (Å²) in [7, 11) is 3.62. The van der Waals surface area contributed by atoms with E-state index in [9.17, 15) is 4.79 Å². The van der Waals surface area contributed by atoms with E-state index in [0.29, 0.717) is 6.42 Å². The summed E-state index contributed by atoms with van der Waals surface area (Å²) >= 11 is 0. The standard InChI is InChI=1S/C13H20N2O/c1-9-6-11(3)12(7-10(9)2)8-13(16)14-15(4)5/h6-7H,8H2,1-5H3,(H,14,16). The topological polar surface area (TPSA) is 32.3 Å². The fourth-order valence-corrected chi connectivity index (χ4v) is 1.67. The number of hydrogen-bond acceptors (Lipinski definition) is 2. The van der Waals surface area contributed by atoms with E-state index >= 15 is 0 Å². The van der Waals surface area contributed by atoms with Crippen LogP contribution < -0.4 is 5.43 Å². The van der Waals surface area contributed by atoms with Crippen molar-refractivity contribution in [2.45, 2.75) is 27.2 Å². The summed E-state index contributed by atoms with van der Waals surface area (Å²) in [5, 5.41) is 1.67. The average Bonchev–Trinajstić information content (AvgIpc) is 2.12. The third kappa shape index (κ3) is 3.35. The van der Waals surface area contributed by atoms with Crippen molar-refractivity contribution < 1.29 is 4.79 Å². The molecule has 0 aliphatic rings. The molecule has 1 N–H and O–H groups in total. The van der Waals surface area contributed by atoms with E-state index in [-0.39, 0.29) is 5.91 Å². The highest BCUT2D eigenvalue weighted by molar-refractivity contribution is 5.78. The van der Waals surface area contributed by atoms with Crippen LogP contribution in [0.25, 0.3) is 0 Å². The summed E-state index contributed by atoms with van der Waals surface area (Å²) in [4.78, 5) is 11.6. The second-order valence-electron chi connectivity index (χ2n) is 4.47. The lowest BCUT2D eigenvalue weighted by atomic mass is 9.99. The predicted molar refractivity (Wildman–Crippen MR) is 66.2 cm³/mol. The third-order valence-corrected chi connectivity index (χ3v) is 2.65. The minimum absolute atomic E-state index is 0.0244. The van der Waals surface area contributed by atoms with Gasteiger partial charge in [-0.3, -0.25) is 10.2 Å². The number of hydrogen-bond donors (Lipinski definition) is 1. The van der Waals surface area contributed by atoms with Crippen LogP contribution in [0.5, 0.6) is 0 Å². The van der Waals surface area contributed by atoms with E-state index in [0.717, 1.165) is 5.56 Å². The molecule has 0 unspecified atom stereocenters. The molecule has 0 aliphatic heterocycles. The lowest BCUT2D eigenvalue weighted by molar-refractivity contribution is -0.124. The van der Waals surface area contributed by atoms with Gasteiger partial charge in [-0.05, 0) is 43.0 Å².